The van der Waals surface area contributed by atoms with Crippen molar-refractivity contribution in [2.24, 2.45) is 5.10 Å². The average Bonchev–Trinajstić information content (AvgIpc) is 2.49. The largest absolute Gasteiger partial charge is 0.508 e. The Morgan fingerprint density at radius 3 is 2.13 bits per heavy atom. The zero-order valence-corrected chi connectivity index (χ0v) is 12.0. The molecule has 2 aromatic carbocycles. The van der Waals surface area contributed by atoms with Crippen molar-refractivity contribution in [2.75, 3.05) is 0 Å². The number of rotatable bonds is 3. The summed E-state index contributed by atoms with van der Waals surface area (Å²) in [5.41, 5.74) is 2.64. The predicted molar refractivity (Wildman–Crippen MR) is 80.9 cm³/mol. The Bertz CT molecular complexity index is 778. The fourth-order valence-corrected chi connectivity index (χ4v) is 1.82. The van der Waals surface area contributed by atoms with Gasteiger partial charge in [0.05, 0.1) is 5.71 Å². The van der Waals surface area contributed by atoms with E-state index in [1.54, 1.807) is 0 Å². The van der Waals surface area contributed by atoms with Gasteiger partial charge in [-0.15, -0.1) is 0 Å². The SMILES string of the molecule is C/C(=N/NC(=O)c1cc(O)c(O)c(O)c1)c1ccc(O)cc1O. The Hall–Kier alpha value is -3.42. The Labute approximate surface area is 130 Å². The minimum atomic E-state index is -0.742. The molecule has 0 heterocycles. The van der Waals surface area contributed by atoms with E-state index in [4.69, 9.17) is 0 Å². The fraction of sp³-hybridized carbons (Fsp3) is 0.0667. The maximum absolute atomic E-state index is 11.9. The van der Waals surface area contributed by atoms with Crippen LogP contribution in [0.4, 0.5) is 0 Å². The van der Waals surface area contributed by atoms with E-state index in [1.165, 1.54) is 19.1 Å². The third kappa shape index (κ3) is 3.43. The first kappa shape index (κ1) is 16.0. The van der Waals surface area contributed by atoms with Gasteiger partial charge in [-0.05, 0) is 31.2 Å². The van der Waals surface area contributed by atoms with E-state index < -0.39 is 23.2 Å². The molecule has 1 amide bonds. The second-order valence-corrected chi connectivity index (χ2v) is 4.70. The summed E-state index contributed by atoms with van der Waals surface area (Å²) in [5, 5.41) is 50.7. The van der Waals surface area contributed by atoms with Crippen molar-refractivity contribution in [3.05, 3.63) is 41.5 Å². The fourth-order valence-electron chi connectivity index (χ4n) is 1.82. The molecule has 0 radical (unpaired) electrons. The molecule has 0 saturated heterocycles. The highest BCUT2D eigenvalue weighted by molar-refractivity contribution is 6.02. The van der Waals surface area contributed by atoms with Gasteiger partial charge in [-0.25, -0.2) is 5.43 Å². The second kappa shape index (κ2) is 6.14. The summed E-state index contributed by atoms with van der Waals surface area (Å²) in [6.45, 7) is 1.53. The number of hydrazone groups is 1. The van der Waals surface area contributed by atoms with Crippen molar-refractivity contribution in [2.45, 2.75) is 6.92 Å². The van der Waals surface area contributed by atoms with E-state index in [-0.39, 0.29) is 22.8 Å². The average molecular weight is 318 g/mol. The van der Waals surface area contributed by atoms with E-state index >= 15 is 0 Å². The maximum Gasteiger partial charge on any atom is 0.271 e. The molecule has 0 aliphatic rings. The van der Waals surface area contributed by atoms with Gasteiger partial charge in [-0.2, -0.15) is 5.10 Å². The van der Waals surface area contributed by atoms with E-state index in [0.29, 0.717) is 5.56 Å². The van der Waals surface area contributed by atoms with Gasteiger partial charge in [0.25, 0.3) is 5.91 Å². The monoisotopic (exact) mass is 318 g/mol. The molecule has 0 unspecified atom stereocenters. The predicted octanol–water partition coefficient (Wildman–Crippen LogP) is 1.37. The van der Waals surface area contributed by atoms with Crippen molar-refractivity contribution in [3.8, 4) is 28.7 Å². The molecule has 0 aliphatic heterocycles. The molecule has 6 N–H and O–H groups in total. The van der Waals surface area contributed by atoms with Gasteiger partial charge in [0.2, 0.25) is 0 Å². The van der Waals surface area contributed by atoms with Crippen LogP contribution >= 0.6 is 0 Å². The van der Waals surface area contributed by atoms with Gasteiger partial charge in [0.15, 0.2) is 17.2 Å². The number of carbonyl (C=O) groups excluding carboxylic acids is 1. The van der Waals surface area contributed by atoms with Crippen LogP contribution in [0, 0.1) is 0 Å². The quantitative estimate of drug-likeness (QED) is 0.287. The highest BCUT2D eigenvalue weighted by Crippen LogP contribution is 2.35. The number of hydrogen-bond donors (Lipinski definition) is 6. The number of benzene rings is 2. The zero-order valence-electron chi connectivity index (χ0n) is 12.0. The smallest absolute Gasteiger partial charge is 0.271 e. The standard InChI is InChI=1S/C15H14N2O6/c1-7(10-3-2-9(18)6-11(10)19)16-17-15(23)8-4-12(20)14(22)13(21)5-8/h2-6,18-22H,1H3,(H,17,23)/b16-7-. The van der Waals surface area contributed by atoms with Crippen LogP contribution < -0.4 is 5.43 Å². The molecule has 0 spiro atoms. The van der Waals surface area contributed by atoms with Gasteiger partial charge >= 0.3 is 0 Å². The number of amides is 1. The summed E-state index contributed by atoms with van der Waals surface area (Å²) in [6.07, 6.45) is 0. The van der Waals surface area contributed by atoms with Gasteiger partial charge in [0, 0.05) is 17.2 Å². The Morgan fingerprint density at radius 2 is 1.57 bits per heavy atom. The van der Waals surface area contributed by atoms with Crippen LogP contribution in [0.1, 0.15) is 22.8 Å². The molecule has 0 fully saturated rings. The lowest BCUT2D eigenvalue weighted by Crippen LogP contribution is -2.19. The molecule has 8 heteroatoms. The molecular formula is C15H14N2O6. The Kier molecular flexibility index (Phi) is 4.26. The van der Waals surface area contributed by atoms with Crippen LogP contribution in [0.5, 0.6) is 28.7 Å². The zero-order chi connectivity index (χ0) is 17.1. The normalized spacial score (nSPS) is 11.3. The lowest BCUT2D eigenvalue weighted by molar-refractivity contribution is 0.0954. The van der Waals surface area contributed by atoms with E-state index in [1.807, 2.05) is 0 Å². The van der Waals surface area contributed by atoms with Crippen molar-refractivity contribution in [3.63, 3.8) is 0 Å². The highest BCUT2D eigenvalue weighted by Gasteiger charge is 2.13. The number of nitrogens with one attached hydrogen (secondary N) is 1. The van der Waals surface area contributed by atoms with Gasteiger partial charge < -0.3 is 25.5 Å². The first-order valence-corrected chi connectivity index (χ1v) is 6.41. The van der Waals surface area contributed by atoms with Crippen LogP contribution in [0.15, 0.2) is 35.4 Å². The molecule has 120 valence electrons. The minimum absolute atomic E-state index is 0.113. The molecule has 0 bridgehead atoms. The minimum Gasteiger partial charge on any atom is -0.508 e. The number of nitrogens with zero attached hydrogens (tertiary/aromatic N) is 1. The molecule has 0 aromatic heterocycles. The summed E-state index contributed by atoms with van der Waals surface area (Å²) in [5.74, 6) is -3.08. The van der Waals surface area contributed by atoms with Crippen LogP contribution in [0.2, 0.25) is 0 Å². The molecule has 0 atom stereocenters. The lowest BCUT2D eigenvalue weighted by Gasteiger charge is -2.07. The van der Waals surface area contributed by atoms with Crippen molar-refractivity contribution < 1.29 is 30.3 Å². The number of phenolic OH excluding ortho intramolecular Hbond substituents is 5. The first-order chi connectivity index (χ1) is 10.8. The first-order valence-electron chi connectivity index (χ1n) is 6.41. The van der Waals surface area contributed by atoms with Crippen molar-refractivity contribution >= 4 is 11.6 Å². The molecule has 23 heavy (non-hydrogen) atoms. The molecule has 0 aliphatic carbocycles. The maximum atomic E-state index is 11.9. The lowest BCUT2D eigenvalue weighted by atomic mass is 10.1. The van der Waals surface area contributed by atoms with E-state index in [0.717, 1.165) is 18.2 Å². The van der Waals surface area contributed by atoms with Crippen LogP contribution in [-0.4, -0.2) is 37.2 Å². The summed E-state index contributed by atoms with van der Waals surface area (Å²) >= 11 is 0. The topological polar surface area (TPSA) is 143 Å². The third-order valence-electron chi connectivity index (χ3n) is 3.03. The summed E-state index contributed by atoms with van der Waals surface area (Å²) < 4.78 is 0. The third-order valence-corrected chi connectivity index (χ3v) is 3.03. The van der Waals surface area contributed by atoms with Gasteiger partial charge in [-0.3, -0.25) is 4.79 Å². The van der Waals surface area contributed by atoms with E-state index in [9.17, 15) is 30.3 Å². The summed E-state index contributed by atoms with van der Waals surface area (Å²) in [4.78, 5) is 11.9. The Morgan fingerprint density at radius 1 is 0.957 bits per heavy atom. The van der Waals surface area contributed by atoms with Gasteiger partial charge in [0.1, 0.15) is 11.5 Å². The van der Waals surface area contributed by atoms with E-state index in [2.05, 4.69) is 10.5 Å². The van der Waals surface area contributed by atoms with Crippen LogP contribution in [-0.2, 0) is 0 Å². The number of aromatic hydroxyl groups is 5. The second-order valence-electron chi connectivity index (χ2n) is 4.70. The highest BCUT2D eigenvalue weighted by atomic mass is 16.3. The molecule has 2 aromatic rings. The van der Waals surface area contributed by atoms with Crippen LogP contribution in [0.25, 0.3) is 0 Å². The molecule has 2 rings (SSSR count). The number of hydrogen-bond acceptors (Lipinski definition) is 7. The Balaban J connectivity index is 2.20. The van der Waals surface area contributed by atoms with Gasteiger partial charge in [-0.1, -0.05) is 0 Å². The van der Waals surface area contributed by atoms with Crippen molar-refractivity contribution in [1.29, 1.82) is 0 Å². The molecular weight excluding hydrogens is 304 g/mol. The summed E-state index contributed by atoms with van der Waals surface area (Å²) in [6, 6.07) is 5.84. The molecule has 8 nitrogen and oxygen atoms in total. The molecule has 0 saturated carbocycles. The summed E-state index contributed by atoms with van der Waals surface area (Å²) in [7, 11) is 0. The van der Waals surface area contributed by atoms with Crippen molar-refractivity contribution in [1.82, 2.24) is 5.43 Å². The van der Waals surface area contributed by atoms with Crippen LogP contribution in [0.3, 0.4) is 0 Å². The number of phenols is 5. The number of carbonyl (C=O) groups is 1.